The van der Waals surface area contributed by atoms with Crippen LogP contribution in [0.15, 0.2) is 0 Å². The molecule has 1 fully saturated rings. The molecule has 0 radical (unpaired) electrons. The van der Waals surface area contributed by atoms with Gasteiger partial charge in [0.1, 0.15) is 0 Å². The third kappa shape index (κ3) is 4.16. The molecule has 1 aliphatic carbocycles. The molecular weight excluding hydrogens is 194 g/mol. The number of nitrogens with zero attached hydrogens (tertiary/aromatic N) is 1. The predicted octanol–water partition coefficient (Wildman–Crippen LogP) is 4.78. The molecule has 0 saturated heterocycles. The molecule has 16 heavy (non-hydrogen) atoms. The maximum atomic E-state index is 8.90. The summed E-state index contributed by atoms with van der Waals surface area (Å²) >= 11 is 0. The minimum atomic E-state index is 0.360. The van der Waals surface area contributed by atoms with Gasteiger partial charge in [-0.1, -0.05) is 33.6 Å². The summed E-state index contributed by atoms with van der Waals surface area (Å²) < 4.78 is 0. The van der Waals surface area contributed by atoms with Crippen LogP contribution in [-0.4, -0.2) is 0 Å². The Bertz CT molecular complexity index is 218. The van der Waals surface area contributed by atoms with E-state index in [1.807, 2.05) is 0 Å². The Morgan fingerprint density at radius 1 is 1.12 bits per heavy atom. The van der Waals surface area contributed by atoms with Crippen LogP contribution in [-0.2, 0) is 0 Å². The smallest absolute Gasteiger partial charge is 0.0655 e. The molecule has 0 aromatic rings. The van der Waals surface area contributed by atoms with Crippen LogP contribution >= 0.6 is 0 Å². The quantitative estimate of drug-likeness (QED) is 0.655. The fourth-order valence-electron chi connectivity index (χ4n) is 3.04. The van der Waals surface area contributed by atoms with Gasteiger partial charge in [-0.2, -0.15) is 5.26 Å². The van der Waals surface area contributed by atoms with E-state index in [0.29, 0.717) is 5.92 Å². The van der Waals surface area contributed by atoms with E-state index in [-0.39, 0.29) is 0 Å². The van der Waals surface area contributed by atoms with Gasteiger partial charge in [0.25, 0.3) is 0 Å². The summed E-state index contributed by atoms with van der Waals surface area (Å²) in [6, 6.07) is 2.43. The first-order chi connectivity index (χ1) is 7.67. The highest BCUT2D eigenvalue weighted by molar-refractivity contribution is 4.88. The van der Waals surface area contributed by atoms with Crippen LogP contribution in [0.1, 0.15) is 65.7 Å². The topological polar surface area (TPSA) is 23.8 Å². The van der Waals surface area contributed by atoms with Gasteiger partial charge in [-0.3, -0.25) is 0 Å². The van der Waals surface area contributed by atoms with E-state index >= 15 is 0 Å². The van der Waals surface area contributed by atoms with Crippen LogP contribution in [0.2, 0.25) is 0 Å². The molecule has 92 valence electrons. The van der Waals surface area contributed by atoms with Crippen molar-refractivity contribution in [3.63, 3.8) is 0 Å². The first-order valence-electron chi connectivity index (χ1n) is 7.07. The molecule has 0 aliphatic heterocycles. The lowest BCUT2D eigenvalue weighted by Gasteiger charge is -2.31. The van der Waals surface area contributed by atoms with Crippen molar-refractivity contribution in [3.8, 4) is 6.07 Å². The van der Waals surface area contributed by atoms with E-state index in [2.05, 4.69) is 26.8 Å². The Morgan fingerprint density at radius 3 is 2.19 bits per heavy atom. The first-order valence-corrected chi connectivity index (χ1v) is 7.07. The molecule has 0 aromatic heterocycles. The van der Waals surface area contributed by atoms with Gasteiger partial charge in [-0.15, -0.1) is 0 Å². The summed E-state index contributed by atoms with van der Waals surface area (Å²) in [5, 5.41) is 8.90. The van der Waals surface area contributed by atoms with Crippen molar-refractivity contribution in [1.82, 2.24) is 0 Å². The second-order valence-electron chi connectivity index (χ2n) is 5.88. The summed E-state index contributed by atoms with van der Waals surface area (Å²) in [5.74, 6) is 3.03. The Labute approximate surface area is 101 Å². The predicted molar refractivity (Wildman–Crippen MR) is 68.9 cm³/mol. The minimum Gasteiger partial charge on any atom is -0.198 e. The lowest BCUT2D eigenvalue weighted by molar-refractivity contribution is 0.202. The maximum Gasteiger partial charge on any atom is 0.0655 e. The van der Waals surface area contributed by atoms with Crippen LogP contribution in [0, 0.1) is 35.0 Å². The molecule has 1 nitrogen and oxygen atoms in total. The zero-order valence-corrected chi connectivity index (χ0v) is 11.2. The average molecular weight is 221 g/mol. The number of rotatable bonds is 5. The third-order valence-electron chi connectivity index (χ3n) is 4.26. The summed E-state index contributed by atoms with van der Waals surface area (Å²) in [5.41, 5.74) is 0. The van der Waals surface area contributed by atoms with Crippen molar-refractivity contribution < 1.29 is 0 Å². The maximum absolute atomic E-state index is 8.90. The van der Waals surface area contributed by atoms with Crippen molar-refractivity contribution in [2.75, 3.05) is 0 Å². The third-order valence-corrected chi connectivity index (χ3v) is 4.26. The van der Waals surface area contributed by atoms with Gasteiger partial charge in [0.15, 0.2) is 0 Å². The van der Waals surface area contributed by atoms with E-state index in [9.17, 15) is 0 Å². The summed E-state index contributed by atoms with van der Waals surface area (Å²) in [4.78, 5) is 0. The van der Waals surface area contributed by atoms with Gasteiger partial charge in [-0.25, -0.2) is 0 Å². The minimum absolute atomic E-state index is 0.360. The molecule has 1 heteroatoms. The largest absolute Gasteiger partial charge is 0.198 e. The molecule has 1 aliphatic rings. The molecular formula is C15H27N. The summed E-state index contributed by atoms with van der Waals surface area (Å²) in [6.07, 6.45) is 9.00. The van der Waals surface area contributed by atoms with Crippen LogP contribution in [0.3, 0.4) is 0 Å². The Hall–Kier alpha value is -0.510. The fourth-order valence-corrected chi connectivity index (χ4v) is 3.04. The van der Waals surface area contributed by atoms with Gasteiger partial charge in [0, 0.05) is 5.92 Å². The molecule has 1 atom stereocenters. The van der Waals surface area contributed by atoms with Crippen molar-refractivity contribution in [2.45, 2.75) is 65.7 Å². The molecule has 1 rings (SSSR count). The van der Waals surface area contributed by atoms with Gasteiger partial charge >= 0.3 is 0 Å². The number of hydrogen-bond acceptors (Lipinski definition) is 1. The Morgan fingerprint density at radius 2 is 1.75 bits per heavy atom. The first kappa shape index (κ1) is 13.6. The van der Waals surface area contributed by atoms with E-state index in [1.165, 1.54) is 32.1 Å². The molecule has 1 unspecified atom stereocenters. The van der Waals surface area contributed by atoms with Gasteiger partial charge in [0.05, 0.1) is 6.07 Å². The SMILES string of the molecule is CCC(CCC(C)C)C1CCC(C#N)CC1. The highest BCUT2D eigenvalue weighted by Gasteiger charge is 2.26. The number of hydrogen-bond donors (Lipinski definition) is 0. The van der Waals surface area contributed by atoms with E-state index in [4.69, 9.17) is 5.26 Å². The molecule has 0 bridgehead atoms. The van der Waals surface area contributed by atoms with Crippen LogP contribution < -0.4 is 0 Å². The molecule has 0 aromatic carbocycles. The van der Waals surface area contributed by atoms with Crippen LogP contribution in [0.25, 0.3) is 0 Å². The van der Waals surface area contributed by atoms with Crippen molar-refractivity contribution >= 4 is 0 Å². The second kappa shape index (κ2) is 6.94. The lowest BCUT2D eigenvalue weighted by atomic mass is 9.73. The van der Waals surface area contributed by atoms with E-state index in [1.54, 1.807) is 0 Å². The van der Waals surface area contributed by atoms with Gasteiger partial charge in [-0.05, 0) is 49.9 Å². The normalized spacial score (nSPS) is 27.7. The standard InChI is InChI=1S/C15H27N/c1-4-14(8-5-12(2)3)15-9-6-13(11-16)7-10-15/h12-15H,4-10H2,1-3H3. The van der Waals surface area contributed by atoms with Crippen molar-refractivity contribution in [1.29, 1.82) is 5.26 Å². The van der Waals surface area contributed by atoms with E-state index in [0.717, 1.165) is 30.6 Å². The zero-order chi connectivity index (χ0) is 12.0. The van der Waals surface area contributed by atoms with Crippen LogP contribution in [0.5, 0.6) is 0 Å². The van der Waals surface area contributed by atoms with E-state index < -0.39 is 0 Å². The monoisotopic (exact) mass is 221 g/mol. The van der Waals surface area contributed by atoms with Crippen molar-refractivity contribution in [2.24, 2.45) is 23.7 Å². The zero-order valence-electron chi connectivity index (χ0n) is 11.2. The second-order valence-corrected chi connectivity index (χ2v) is 5.88. The highest BCUT2D eigenvalue weighted by atomic mass is 14.3. The highest BCUT2D eigenvalue weighted by Crippen LogP contribution is 2.36. The Balaban J connectivity index is 2.34. The molecule has 0 N–H and O–H groups in total. The molecule has 0 amide bonds. The van der Waals surface area contributed by atoms with Gasteiger partial charge in [0.2, 0.25) is 0 Å². The average Bonchev–Trinajstić information content (AvgIpc) is 2.30. The lowest BCUT2D eigenvalue weighted by Crippen LogP contribution is -2.21. The number of nitriles is 1. The molecule has 0 heterocycles. The van der Waals surface area contributed by atoms with Crippen LogP contribution in [0.4, 0.5) is 0 Å². The van der Waals surface area contributed by atoms with Gasteiger partial charge < -0.3 is 0 Å². The summed E-state index contributed by atoms with van der Waals surface area (Å²) in [7, 11) is 0. The molecule has 1 saturated carbocycles. The fraction of sp³-hybridized carbons (Fsp3) is 0.933. The Kier molecular flexibility index (Phi) is 5.88. The molecule has 0 spiro atoms. The summed E-state index contributed by atoms with van der Waals surface area (Å²) in [6.45, 7) is 6.97. The van der Waals surface area contributed by atoms with Crippen molar-refractivity contribution in [3.05, 3.63) is 0 Å².